The van der Waals surface area contributed by atoms with Gasteiger partial charge in [0.2, 0.25) is 0 Å². The lowest BCUT2D eigenvalue weighted by atomic mass is 10.2. The van der Waals surface area contributed by atoms with Gasteiger partial charge >= 0.3 is 5.97 Å². The first kappa shape index (κ1) is 7.43. The zero-order valence-corrected chi connectivity index (χ0v) is 4.89. The Labute approximate surface area is 48.5 Å². The van der Waals surface area contributed by atoms with Gasteiger partial charge in [0.15, 0.2) is 0 Å². The molecule has 0 aromatic heterocycles. The second-order valence-corrected chi connectivity index (χ2v) is 1.70. The molecule has 0 rings (SSSR count). The van der Waals surface area contributed by atoms with Gasteiger partial charge in [-0.15, -0.1) is 0 Å². The zero-order chi connectivity index (χ0) is 6.41. The van der Waals surface area contributed by atoms with Crippen LogP contribution in [0.15, 0.2) is 0 Å². The number of hydrogen-bond donors (Lipinski definition) is 2. The van der Waals surface area contributed by atoms with E-state index in [1.165, 1.54) is 0 Å². The molecule has 0 radical (unpaired) electrons. The highest BCUT2D eigenvalue weighted by Gasteiger charge is 1.93. The number of carboxylic acid groups (broad SMARTS) is 1. The lowest BCUT2D eigenvalue weighted by Crippen LogP contribution is -2.50. The summed E-state index contributed by atoms with van der Waals surface area (Å²) >= 11 is 0. The maximum Gasteiger partial charge on any atom is 0.303 e. The molecule has 0 saturated heterocycles. The number of carbonyl (C=O) groups is 1. The molecule has 3 heteroatoms. The van der Waals surface area contributed by atoms with E-state index < -0.39 is 5.97 Å². The Kier molecular flexibility index (Phi) is 4.26. The Hall–Kier alpha value is -0.570. The first-order chi connectivity index (χ1) is 3.77. The van der Waals surface area contributed by atoms with Crippen molar-refractivity contribution in [2.45, 2.75) is 19.3 Å². The summed E-state index contributed by atoms with van der Waals surface area (Å²) in [6.45, 7) is 0.841. The van der Waals surface area contributed by atoms with Crippen molar-refractivity contribution in [2.24, 2.45) is 0 Å². The van der Waals surface area contributed by atoms with Gasteiger partial charge in [-0.25, -0.2) is 0 Å². The van der Waals surface area contributed by atoms with Crippen LogP contribution in [0, 0.1) is 0 Å². The van der Waals surface area contributed by atoms with Crippen LogP contribution < -0.4 is 5.73 Å². The van der Waals surface area contributed by atoms with Crippen molar-refractivity contribution in [2.75, 3.05) is 6.54 Å². The third-order valence-corrected chi connectivity index (χ3v) is 0.891. The highest BCUT2D eigenvalue weighted by Crippen LogP contribution is 1.90. The standard InChI is InChI=1S/C5H11NO2/c6-4-2-1-3-5(7)8/h1-4,6H2,(H,7,8)/p+1. The van der Waals surface area contributed by atoms with Crippen LogP contribution in [-0.2, 0) is 4.79 Å². The summed E-state index contributed by atoms with van der Waals surface area (Å²) < 4.78 is 0. The predicted octanol–water partition coefficient (Wildman–Crippen LogP) is -0.517. The Bertz CT molecular complexity index is 72.8. The normalized spacial score (nSPS) is 9.12. The molecule has 3 nitrogen and oxygen atoms in total. The molecule has 0 amide bonds. The third kappa shape index (κ3) is 5.43. The summed E-state index contributed by atoms with van der Waals surface area (Å²) in [5, 5.41) is 8.12. The molecular formula is C5H12NO2+. The summed E-state index contributed by atoms with van der Waals surface area (Å²) in [6, 6.07) is 0. The molecule has 0 fully saturated rings. The van der Waals surface area contributed by atoms with Crippen LogP contribution in [0.25, 0.3) is 0 Å². The van der Waals surface area contributed by atoms with Crippen molar-refractivity contribution in [3.63, 3.8) is 0 Å². The average Bonchev–Trinajstić information content (AvgIpc) is 1.66. The summed E-state index contributed by atoms with van der Waals surface area (Å²) in [5.74, 6) is -0.710. The fourth-order valence-corrected chi connectivity index (χ4v) is 0.453. The van der Waals surface area contributed by atoms with Crippen LogP contribution in [0.4, 0.5) is 0 Å². The quantitative estimate of drug-likeness (QED) is 0.488. The van der Waals surface area contributed by atoms with Gasteiger partial charge in [0.25, 0.3) is 0 Å². The molecule has 0 bridgehead atoms. The van der Waals surface area contributed by atoms with Crippen molar-refractivity contribution in [3.05, 3.63) is 0 Å². The molecule has 0 spiro atoms. The molecule has 4 N–H and O–H groups in total. The molecule has 48 valence electrons. The van der Waals surface area contributed by atoms with E-state index in [1.54, 1.807) is 0 Å². The van der Waals surface area contributed by atoms with Crippen molar-refractivity contribution in [1.82, 2.24) is 0 Å². The van der Waals surface area contributed by atoms with Gasteiger partial charge < -0.3 is 10.8 Å². The van der Waals surface area contributed by atoms with Crippen LogP contribution >= 0.6 is 0 Å². The molecule has 0 aliphatic rings. The van der Waals surface area contributed by atoms with Crippen LogP contribution in [0.3, 0.4) is 0 Å². The number of quaternary nitrogens is 1. The Balaban J connectivity index is 2.82. The number of rotatable bonds is 4. The first-order valence-electron chi connectivity index (χ1n) is 2.78. The van der Waals surface area contributed by atoms with Gasteiger partial charge in [-0.3, -0.25) is 4.79 Å². The van der Waals surface area contributed by atoms with E-state index in [1.807, 2.05) is 0 Å². The van der Waals surface area contributed by atoms with Crippen LogP contribution in [-0.4, -0.2) is 17.6 Å². The minimum atomic E-state index is -0.710. The van der Waals surface area contributed by atoms with Crippen molar-refractivity contribution in [3.8, 4) is 0 Å². The SMILES string of the molecule is [NH3+]CCCCC(=O)O. The van der Waals surface area contributed by atoms with Crippen LogP contribution in [0.5, 0.6) is 0 Å². The van der Waals surface area contributed by atoms with Gasteiger partial charge in [-0.05, 0) is 12.8 Å². The fraction of sp³-hybridized carbons (Fsp3) is 0.800. The highest BCUT2D eigenvalue weighted by atomic mass is 16.4. The van der Waals surface area contributed by atoms with Crippen molar-refractivity contribution >= 4 is 5.97 Å². The maximum absolute atomic E-state index is 9.85. The summed E-state index contributed by atoms with van der Waals surface area (Å²) in [5.41, 5.74) is 3.59. The average molecular weight is 118 g/mol. The second kappa shape index (κ2) is 4.59. The van der Waals surface area contributed by atoms with Gasteiger partial charge in [-0.2, -0.15) is 0 Å². The van der Waals surface area contributed by atoms with E-state index in [-0.39, 0.29) is 6.42 Å². The van der Waals surface area contributed by atoms with Crippen LogP contribution in [0.2, 0.25) is 0 Å². The Morgan fingerprint density at radius 2 is 2.12 bits per heavy atom. The van der Waals surface area contributed by atoms with E-state index in [9.17, 15) is 4.79 Å². The monoisotopic (exact) mass is 118 g/mol. The number of unbranched alkanes of at least 4 members (excludes halogenated alkanes) is 1. The summed E-state index contributed by atoms with van der Waals surface area (Å²) in [4.78, 5) is 9.85. The molecule has 0 heterocycles. The summed E-state index contributed by atoms with van der Waals surface area (Å²) in [6.07, 6.45) is 1.97. The number of carboxylic acids is 1. The lowest BCUT2D eigenvalue weighted by molar-refractivity contribution is -0.368. The predicted molar refractivity (Wildman–Crippen MR) is 29.2 cm³/mol. The molecule has 0 aromatic carbocycles. The fourth-order valence-electron chi connectivity index (χ4n) is 0.453. The molecule has 0 aromatic rings. The number of hydrogen-bond acceptors (Lipinski definition) is 1. The van der Waals surface area contributed by atoms with E-state index >= 15 is 0 Å². The molecule has 0 atom stereocenters. The van der Waals surface area contributed by atoms with Gasteiger partial charge in [-0.1, -0.05) is 0 Å². The molecule has 8 heavy (non-hydrogen) atoms. The molecule has 0 saturated carbocycles. The molecular weight excluding hydrogens is 106 g/mol. The zero-order valence-electron chi connectivity index (χ0n) is 4.89. The smallest absolute Gasteiger partial charge is 0.303 e. The minimum Gasteiger partial charge on any atom is -0.481 e. The Morgan fingerprint density at radius 1 is 1.50 bits per heavy atom. The van der Waals surface area contributed by atoms with Gasteiger partial charge in [0, 0.05) is 6.42 Å². The van der Waals surface area contributed by atoms with Crippen LogP contribution in [0.1, 0.15) is 19.3 Å². The molecule has 0 aliphatic carbocycles. The van der Waals surface area contributed by atoms with E-state index in [2.05, 4.69) is 5.73 Å². The first-order valence-corrected chi connectivity index (χ1v) is 2.78. The lowest BCUT2D eigenvalue weighted by Gasteiger charge is -1.88. The summed E-state index contributed by atoms with van der Waals surface area (Å²) in [7, 11) is 0. The molecule has 0 unspecified atom stereocenters. The maximum atomic E-state index is 9.85. The number of aliphatic carboxylic acids is 1. The van der Waals surface area contributed by atoms with E-state index in [0.29, 0.717) is 0 Å². The highest BCUT2D eigenvalue weighted by molar-refractivity contribution is 5.66. The van der Waals surface area contributed by atoms with Crippen molar-refractivity contribution < 1.29 is 15.6 Å². The van der Waals surface area contributed by atoms with Crippen molar-refractivity contribution in [1.29, 1.82) is 0 Å². The minimum absolute atomic E-state index is 0.287. The largest absolute Gasteiger partial charge is 0.481 e. The van der Waals surface area contributed by atoms with Gasteiger partial charge in [0.1, 0.15) is 0 Å². The third-order valence-electron chi connectivity index (χ3n) is 0.891. The van der Waals surface area contributed by atoms with E-state index in [0.717, 1.165) is 19.4 Å². The Morgan fingerprint density at radius 3 is 2.50 bits per heavy atom. The van der Waals surface area contributed by atoms with Gasteiger partial charge in [0.05, 0.1) is 6.54 Å². The topological polar surface area (TPSA) is 64.9 Å². The van der Waals surface area contributed by atoms with E-state index in [4.69, 9.17) is 5.11 Å². The molecule has 0 aliphatic heterocycles. The second-order valence-electron chi connectivity index (χ2n) is 1.70.